The highest BCUT2D eigenvalue weighted by molar-refractivity contribution is 7.21. The van der Waals surface area contributed by atoms with Crippen molar-refractivity contribution in [1.82, 2.24) is 19.5 Å². The second-order valence-corrected chi connectivity index (χ2v) is 11.3. The van der Waals surface area contributed by atoms with Crippen LogP contribution in [-0.4, -0.2) is 83.9 Å². The van der Waals surface area contributed by atoms with Gasteiger partial charge in [0.25, 0.3) is 0 Å². The number of carboxylic acid groups (broad SMARTS) is 1. The van der Waals surface area contributed by atoms with E-state index in [9.17, 15) is 14.7 Å². The summed E-state index contributed by atoms with van der Waals surface area (Å²) in [5.41, 5.74) is 4.15. The van der Waals surface area contributed by atoms with Crippen LogP contribution in [-0.2, 0) is 11.3 Å². The fourth-order valence-corrected chi connectivity index (χ4v) is 6.95. The first kappa shape index (κ1) is 25.8. The van der Waals surface area contributed by atoms with Crippen LogP contribution in [0.3, 0.4) is 0 Å². The van der Waals surface area contributed by atoms with Crippen LogP contribution in [0.15, 0.2) is 30.3 Å². The van der Waals surface area contributed by atoms with Gasteiger partial charge in [0.15, 0.2) is 0 Å². The Hall–Kier alpha value is -2.88. The first-order valence-corrected chi connectivity index (χ1v) is 13.9. The maximum Gasteiger partial charge on any atom is 0.345 e. The van der Waals surface area contributed by atoms with Crippen molar-refractivity contribution in [3.8, 4) is 17.0 Å². The van der Waals surface area contributed by atoms with E-state index in [2.05, 4.69) is 26.7 Å². The molecule has 2 fully saturated rings. The number of methoxy groups -OCH3 is 1. The molecule has 1 amide bonds. The molecular formula is C28H36N4O4S. The Labute approximate surface area is 222 Å². The number of benzene rings is 1. The molecule has 0 spiro atoms. The number of aromatic nitrogens is 1. The van der Waals surface area contributed by atoms with E-state index in [-0.39, 0.29) is 12.5 Å². The average Bonchev–Trinajstić information content (AvgIpc) is 3.47. The number of hydrogen-bond acceptors (Lipinski definition) is 6. The lowest BCUT2D eigenvalue weighted by Gasteiger charge is -2.38. The van der Waals surface area contributed by atoms with Gasteiger partial charge in [0.1, 0.15) is 17.2 Å². The molecule has 1 aromatic carbocycles. The molecule has 0 atom stereocenters. The van der Waals surface area contributed by atoms with E-state index >= 15 is 0 Å². The molecule has 0 bridgehead atoms. The van der Waals surface area contributed by atoms with Crippen molar-refractivity contribution in [2.45, 2.75) is 44.6 Å². The Morgan fingerprint density at radius 1 is 1.05 bits per heavy atom. The highest BCUT2D eigenvalue weighted by Gasteiger charge is 2.31. The minimum absolute atomic E-state index is 0.0725. The summed E-state index contributed by atoms with van der Waals surface area (Å²) in [6.07, 6.45) is 5.75. The number of nitrogens with zero attached hydrogens (tertiary/aromatic N) is 4. The first-order valence-electron chi connectivity index (χ1n) is 13.1. The molecule has 1 saturated carbocycles. The lowest BCUT2D eigenvalue weighted by atomic mass is 9.83. The van der Waals surface area contributed by atoms with Crippen LogP contribution in [0.5, 0.6) is 5.75 Å². The van der Waals surface area contributed by atoms with E-state index in [0.29, 0.717) is 23.9 Å². The summed E-state index contributed by atoms with van der Waals surface area (Å²) in [6, 6.07) is 9.78. The smallest absolute Gasteiger partial charge is 0.345 e. The summed E-state index contributed by atoms with van der Waals surface area (Å²) in [5.74, 6) is 0.294. The number of carbonyl (C=O) groups excluding carboxylic acids is 1. The van der Waals surface area contributed by atoms with Crippen LogP contribution in [0.1, 0.15) is 53.3 Å². The molecule has 1 aliphatic carbocycles. The van der Waals surface area contributed by atoms with E-state index in [1.54, 1.807) is 13.2 Å². The number of carboxylic acids is 1. The minimum Gasteiger partial charge on any atom is -0.497 e. The van der Waals surface area contributed by atoms with Crippen molar-refractivity contribution in [3.05, 3.63) is 40.8 Å². The van der Waals surface area contributed by atoms with Gasteiger partial charge in [-0.1, -0.05) is 19.3 Å². The van der Waals surface area contributed by atoms with Gasteiger partial charge < -0.3 is 19.3 Å². The fourth-order valence-electron chi connectivity index (χ4n) is 5.83. The summed E-state index contributed by atoms with van der Waals surface area (Å²) in [4.78, 5) is 27.9. The second-order valence-electron chi connectivity index (χ2n) is 10.2. The molecule has 1 saturated heterocycles. The first-order chi connectivity index (χ1) is 17.9. The number of aromatic carboxylic acids is 1. The maximum atomic E-state index is 13.6. The van der Waals surface area contributed by atoms with Crippen molar-refractivity contribution < 1.29 is 19.4 Å². The molecule has 1 N–H and O–H groups in total. The van der Waals surface area contributed by atoms with Gasteiger partial charge in [-0.05, 0) is 60.2 Å². The highest BCUT2D eigenvalue weighted by Crippen LogP contribution is 2.47. The number of hydrogen-bond donors (Lipinski definition) is 1. The van der Waals surface area contributed by atoms with Gasteiger partial charge in [0.2, 0.25) is 5.91 Å². The SMILES string of the molecule is COc1ccc(-c2c(C3CCCCC3)c3sc(C(=O)O)cc3n2CC(=O)N2CCN(N(C)C)CC2)cc1. The van der Waals surface area contributed by atoms with Crippen LogP contribution in [0.2, 0.25) is 0 Å². The van der Waals surface area contributed by atoms with E-state index in [0.717, 1.165) is 53.2 Å². The second kappa shape index (κ2) is 10.8. The Kier molecular flexibility index (Phi) is 7.55. The van der Waals surface area contributed by atoms with Gasteiger partial charge in [-0.2, -0.15) is 0 Å². The maximum absolute atomic E-state index is 13.6. The summed E-state index contributed by atoms with van der Waals surface area (Å²) in [5, 5.41) is 14.1. The Bertz CT molecular complexity index is 1270. The quantitative estimate of drug-likeness (QED) is 0.481. The van der Waals surface area contributed by atoms with Gasteiger partial charge in [-0.25, -0.2) is 14.8 Å². The van der Waals surface area contributed by atoms with Gasteiger partial charge in [-0.15, -0.1) is 11.3 Å². The van der Waals surface area contributed by atoms with E-state index in [1.807, 2.05) is 31.1 Å². The minimum atomic E-state index is -0.917. The number of hydrazine groups is 1. The number of carbonyl (C=O) groups is 2. The number of amides is 1. The number of rotatable bonds is 7. The molecule has 37 heavy (non-hydrogen) atoms. The molecule has 0 radical (unpaired) electrons. The molecule has 5 rings (SSSR count). The summed E-state index contributed by atoms with van der Waals surface area (Å²) < 4.78 is 8.50. The van der Waals surface area contributed by atoms with Crippen LogP contribution >= 0.6 is 11.3 Å². The highest BCUT2D eigenvalue weighted by atomic mass is 32.1. The van der Waals surface area contributed by atoms with E-state index < -0.39 is 5.97 Å². The molecule has 2 aliphatic rings. The third-order valence-corrected chi connectivity index (χ3v) is 8.97. The third kappa shape index (κ3) is 5.12. The molecule has 2 aromatic heterocycles. The molecule has 1 aliphatic heterocycles. The lowest BCUT2D eigenvalue weighted by molar-refractivity contribution is -0.136. The van der Waals surface area contributed by atoms with Crippen LogP contribution in [0.4, 0.5) is 0 Å². The molecular weight excluding hydrogens is 488 g/mol. The predicted molar refractivity (Wildman–Crippen MR) is 146 cm³/mol. The van der Waals surface area contributed by atoms with Gasteiger partial charge in [0.05, 0.1) is 23.0 Å². The topological polar surface area (TPSA) is 78.2 Å². The van der Waals surface area contributed by atoms with Gasteiger partial charge in [0, 0.05) is 40.3 Å². The summed E-state index contributed by atoms with van der Waals surface area (Å²) >= 11 is 1.35. The zero-order chi connectivity index (χ0) is 26.1. The zero-order valence-corrected chi connectivity index (χ0v) is 22.7. The standard InChI is InChI=1S/C28H36N4O4S/c1-29(2)31-15-13-30(14-16-31)24(33)18-32-22-17-23(28(34)35)37-27(22)25(19-7-5-4-6-8-19)26(32)20-9-11-21(36-3)12-10-20/h9-12,17,19H,4-8,13-16,18H2,1-3H3,(H,34,35). The molecule has 0 unspecified atom stereocenters. The van der Waals surface area contributed by atoms with Crippen molar-refractivity contribution in [2.24, 2.45) is 0 Å². The van der Waals surface area contributed by atoms with Crippen LogP contribution in [0, 0.1) is 0 Å². The van der Waals surface area contributed by atoms with Crippen LogP contribution < -0.4 is 4.74 Å². The fraction of sp³-hybridized carbons (Fsp3) is 0.500. The monoisotopic (exact) mass is 524 g/mol. The van der Waals surface area contributed by atoms with E-state index in [1.165, 1.54) is 36.2 Å². The Balaban J connectivity index is 1.60. The third-order valence-electron chi connectivity index (χ3n) is 7.83. The normalized spacial score (nSPS) is 17.6. The molecule has 3 aromatic rings. The average molecular weight is 525 g/mol. The Morgan fingerprint density at radius 3 is 2.32 bits per heavy atom. The number of fused-ring (bicyclic) bond motifs is 1. The van der Waals surface area contributed by atoms with Crippen molar-refractivity contribution in [3.63, 3.8) is 0 Å². The molecule has 198 valence electrons. The summed E-state index contributed by atoms with van der Waals surface area (Å²) in [7, 11) is 5.71. The largest absolute Gasteiger partial charge is 0.497 e. The summed E-state index contributed by atoms with van der Waals surface area (Å²) in [6.45, 7) is 3.17. The number of piperazine rings is 1. The molecule has 3 heterocycles. The van der Waals surface area contributed by atoms with Gasteiger partial charge >= 0.3 is 5.97 Å². The van der Waals surface area contributed by atoms with Crippen molar-refractivity contribution in [1.29, 1.82) is 0 Å². The number of thiophene rings is 1. The molecule has 8 nitrogen and oxygen atoms in total. The van der Waals surface area contributed by atoms with Crippen molar-refractivity contribution in [2.75, 3.05) is 47.4 Å². The van der Waals surface area contributed by atoms with Crippen LogP contribution in [0.25, 0.3) is 21.5 Å². The number of ether oxygens (including phenoxy) is 1. The molecule has 9 heteroatoms. The Morgan fingerprint density at radius 2 is 1.73 bits per heavy atom. The predicted octanol–water partition coefficient (Wildman–Crippen LogP) is 4.75. The zero-order valence-electron chi connectivity index (χ0n) is 21.9. The van der Waals surface area contributed by atoms with Crippen molar-refractivity contribution >= 4 is 33.4 Å². The lowest BCUT2D eigenvalue weighted by Crippen LogP contribution is -2.53. The van der Waals surface area contributed by atoms with Gasteiger partial charge in [-0.3, -0.25) is 4.79 Å². The van der Waals surface area contributed by atoms with E-state index in [4.69, 9.17) is 4.74 Å².